The normalized spacial score (nSPS) is 21.1. The first-order valence-corrected chi connectivity index (χ1v) is 10.6. The van der Waals surface area contributed by atoms with Gasteiger partial charge in [-0.25, -0.2) is 5.06 Å². The van der Waals surface area contributed by atoms with Crippen molar-refractivity contribution in [1.82, 2.24) is 37.0 Å². The second kappa shape index (κ2) is 14.5. The van der Waals surface area contributed by atoms with Gasteiger partial charge in [0.2, 0.25) is 46.6 Å². The van der Waals surface area contributed by atoms with Crippen LogP contribution in [0.15, 0.2) is 0 Å². The molecule has 16 nitrogen and oxygen atoms in total. The van der Waals surface area contributed by atoms with Crippen LogP contribution in [0.3, 0.4) is 0 Å². The van der Waals surface area contributed by atoms with Gasteiger partial charge < -0.3 is 31.9 Å². The van der Waals surface area contributed by atoms with Gasteiger partial charge in [0.1, 0.15) is 12.1 Å². The Kier molecular flexibility index (Phi) is 12.1. The molecule has 1 fully saturated rings. The first kappa shape index (κ1) is 29.2. The predicted octanol–water partition coefficient (Wildman–Crippen LogP) is -4.78. The van der Waals surface area contributed by atoms with Crippen molar-refractivity contribution in [2.24, 2.45) is 0 Å². The molecule has 0 spiro atoms. The molecule has 2 atom stereocenters. The Hall–Kier alpha value is -3.79. The molecule has 7 N–H and O–H groups in total. The van der Waals surface area contributed by atoms with E-state index in [4.69, 9.17) is 11.6 Å². The van der Waals surface area contributed by atoms with Gasteiger partial charge in [-0.1, -0.05) is 0 Å². The number of carbonyl (C=O) groups is 8. The molecule has 1 saturated heterocycles. The molecular weight excluding hydrogens is 494 g/mol. The van der Waals surface area contributed by atoms with Crippen LogP contribution >= 0.6 is 11.6 Å². The lowest BCUT2D eigenvalue weighted by Crippen LogP contribution is -2.55. The highest BCUT2D eigenvalue weighted by atomic mass is 35.5. The van der Waals surface area contributed by atoms with E-state index in [-0.39, 0.29) is 13.0 Å². The van der Waals surface area contributed by atoms with Crippen LogP contribution in [0.4, 0.5) is 0 Å². The van der Waals surface area contributed by atoms with Gasteiger partial charge in [-0.3, -0.25) is 43.6 Å². The summed E-state index contributed by atoms with van der Waals surface area (Å²) < 4.78 is 0. The average molecular weight is 520 g/mol. The minimum atomic E-state index is -1.46. The van der Waals surface area contributed by atoms with Gasteiger partial charge in [-0.15, -0.1) is 0 Å². The van der Waals surface area contributed by atoms with Crippen LogP contribution < -0.4 is 31.9 Å². The Bertz CT molecular complexity index is 882. The van der Waals surface area contributed by atoms with Gasteiger partial charge in [0.25, 0.3) is 0 Å². The molecule has 0 radical (unpaired) electrons. The smallest absolute Gasteiger partial charge is 0.243 e. The van der Waals surface area contributed by atoms with E-state index >= 15 is 0 Å². The van der Waals surface area contributed by atoms with E-state index in [0.717, 1.165) is 6.92 Å². The molecule has 1 heterocycles. The zero-order valence-electron chi connectivity index (χ0n) is 18.6. The summed E-state index contributed by atoms with van der Waals surface area (Å²) in [4.78, 5) is 95.2. The minimum Gasteiger partial charge on any atom is -0.346 e. The molecule has 0 aromatic heterocycles. The highest BCUT2D eigenvalue weighted by Gasteiger charge is 2.26. The minimum absolute atomic E-state index is 0.259. The third-order valence-corrected chi connectivity index (χ3v) is 4.55. The van der Waals surface area contributed by atoms with E-state index in [0.29, 0.717) is 5.06 Å². The highest BCUT2D eigenvalue weighted by Crippen LogP contribution is 1.99. The van der Waals surface area contributed by atoms with Crippen molar-refractivity contribution in [1.29, 1.82) is 0 Å². The molecule has 35 heavy (non-hydrogen) atoms. The van der Waals surface area contributed by atoms with Gasteiger partial charge in [-0.2, -0.15) is 0 Å². The lowest BCUT2D eigenvalue weighted by molar-refractivity contribution is -0.163. The molecule has 0 bridgehead atoms. The van der Waals surface area contributed by atoms with Crippen LogP contribution in [-0.2, 0) is 38.4 Å². The van der Waals surface area contributed by atoms with E-state index < -0.39 is 91.3 Å². The number of rotatable bonds is 5. The van der Waals surface area contributed by atoms with Crippen molar-refractivity contribution in [3.8, 4) is 0 Å². The summed E-state index contributed by atoms with van der Waals surface area (Å²) >= 11 is 5.30. The Morgan fingerprint density at radius 2 is 1.23 bits per heavy atom. The molecule has 1 aliphatic rings. The van der Waals surface area contributed by atoms with Gasteiger partial charge in [0.05, 0.1) is 39.1 Å². The van der Waals surface area contributed by atoms with Crippen LogP contribution in [0, 0.1) is 0 Å². The largest absolute Gasteiger partial charge is 0.346 e. The summed E-state index contributed by atoms with van der Waals surface area (Å²) in [7, 11) is 0. The fraction of sp³-hybridized carbons (Fsp3) is 0.556. The molecule has 1 unspecified atom stereocenters. The molecule has 0 aromatic carbocycles. The number of hydrogen-bond acceptors (Lipinski definition) is 9. The zero-order valence-corrected chi connectivity index (χ0v) is 19.4. The maximum Gasteiger partial charge on any atom is 0.243 e. The van der Waals surface area contributed by atoms with Crippen LogP contribution in [0.25, 0.3) is 0 Å². The number of nitrogens with zero attached hydrogens (tertiary/aromatic N) is 1. The Morgan fingerprint density at radius 1 is 0.800 bits per heavy atom. The standard InChI is InChI=1S/C18H26ClN7O9/c1-9(27)26(35)3-2-10-17(33)23-8-16(32)25-11(4-12(19)28)18(34)22-6-14(30)20-5-13(29)21-7-15(31)24-10/h10-11,35H,2-8H2,1H3,(H,20,30)(H,21,29)(H,22,34)(H,23,33)(H,24,31)(H,25,32)/t10-,11?/m0/s1. The second-order valence-corrected chi connectivity index (χ2v) is 7.64. The summed E-state index contributed by atoms with van der Waals surface area (Å²) in [5, 5.41) is 22.1. The Balaban J connectivity index is 3.01. The van der Waals surface area contributed by atoms with Crippen molar-refractivity contribution < 1.29 is 43.6 Å². The van der Waals surface area contributed by atoms with E-state index in [9.17, 15) is 43.6 Å². The number of carbonyl (C=O) groups excluding carboxylic acids is 8. The van der Waals surface area contributed by atoms with Gasteiger partial charge in [0.15, 0.2) is 0 Å². The molecule has 17 heteroatoms. The average Bonchev–Trinajstić information content (AvgIpc) is 2.79. The maximum absolute atomic E-state index is 12.5. The topological polar surface area (TPSA) is 232 Å². The number of amides is 7. The fourth-order valence-electron chi connectivity index (χ4n) is 2.60. The van der Waals surface area contributed by atoms with Crippen LogP contribution in [0.1, 0.15) is 19.8 Å². The van der Waals surface area contributed by atoms with E-state index in [1.807, 2.05) is 0 Å². The van der Waals surface area contributed by atoms with E-state index in [1.165, 1.54) is 0 Å². The molecule has 0 aliphatic carbocycles. The molecule has 0 aromatic rings. The van der Waals surface area contributed by atoms with Crippen molar-refractivity contribution in [3.05, 3.63) is 0 Å². The number of hydrogen-bond donors (Lipinski definition) is 7. The van der Waals surface area contributed by atoms with Gasteiger partial charge >= 0.3 is 0 Å². The number of hydroxylamine groups is 2. The molecule has 7 amide bonds. The first-order valence-electron chi connectivity index (χ1n) is 10.2. The highest BCUT2D eigenvalue weighted by molar-refractivity contribution is 6.63. The first-order chi connectivity index (χ1) is 16.4. The van der Waals surface area contributed by atoms with Gasteiger partial charge in [-0.05, 0) is 18.0 Å². The monoisotopic (exact) mass is 519 g/mol. The van der Waals surface area contributed by atoms with Crippen LogP contribution in [0.5, 0.6) is 0 Å². The quantitative estimate of drug-likeness (QED) is 0.105. The lowest BCUT2D eigenvalue weighted by Gasteiger charge is -2.21. The Labute approximate surface area is 203 Å². The molecule has 0 saturated carbocycles. The number of nitrogens with one attached hydrogen (secondary N) is 6. The van der Waals surface area contributed by atoms with Gasteiger partial charge in [0, 0.05) is 6.92 Å². The van der Waals surface area contributed by atoms with Crippen molar-refractivity contribution in [2.45, 2.75) is 31.8 Å². The fourth-order valence-corrected chi connectivity index (χ4v) is 2.76. The SMILES string of the molecule is CC(=O)N(O)CC[C@@H]1NC(=O)CNC(=O)CNC(=O)CNC(=O)C(CC(=O)Cl)NC(=O)CNC1=O. The second-order valence-electron chi connectivity index (χ2n) is 7.22. The lowest BCUT2D eigenvalue weighted by atomic mass is 10.1. The van der Waals surface area contributed by atoms with E-state index in [1.54, 1.807) is 0 Å². The van der Waals surface area contributed by atoms with E-state index in [2.05, 4.69) is 31.9 Å². The Morgan fingerprint density at radius 3 is 1.74 bits per heavy atom. The summed E-state index contributed by atoms with van der Waals surface area (Å²) in [5.74, 6) is -5.74. The summed E-state index contributed by atoms with van der Waals surface area (Å²) in [5.41, 5.74) is 0. The zero-order chi connectivity index (χ0) is 26.5. The summed E-state index contributed by atoms with van der Waals surface area (Å²) in [6.45, 7) is -1.66. The third-order valence-electron chi connectivity index (χ3n) is 4.40. The predicted molar refractivity (Wildman–Crippen MR) is 115 cm³/mol. The van der Waals surface area contributed by atoms with Crippen molar-refractivity contribution >= 4 is 58.2 Å². The summed E-state index contributed by atoms with van der Waals surface area (Å²) in [6.07, 6.45) is -0.877. The summed E-state index contributed by atoms with van der Waals surface area (Å²) in [6, 6.07) is -2.79. The van der Waals surface area contributed by atoms with Crippen LogP contribution in [0.2, 0.25) is 0 Å². The van der Waals surface area contributed by atoms with Crippen molar-refractivity contribution in [2.75, 3.05) is 32.7 Å². The molecular formula is C18H26ClN7O9. The number of halogens is 1. The van der Waals surface area contributed by atoms with Crippen LogP contribution in [-0.4, -0.2) is 102 Å². The van der Waals surface area contributed by atoms with Crippen molar-refractivity contribution in [3.63, 3.8) is 0 Å². The maximum atomic E-state index is 12.5. The molecule has 194 valence electrons. The molecule has 1 aliphatic heterocycles. The molecule has 1 rings (SSSR count). The third kappa shape index (κ3) is 11.8.